The molecule has 2 rings (SSSR count). The molecule has 2 fully saturated rings. The zero-order chi connectivity index (χ0) is 13.7. The zero-order valence-electron chi connectivity index (χ0n) is 12.1. The highest BCUT2D eigenvalue weighted by molar-refractivity contribution is 5.75. The van der Waals surface area contributed by atoms with Gasteiger partial charge in [0.2, 0.25) is 0 Å². The van der Waals surface area contributed by atoms with Crippen LogP contribution in [0.15, 0.2) is 0 Å². The summed E-state index contributed by atoms with van der Waals surface area (Å²) in [5.41, 5.74) is 0. The Hall–Kier alpha value is -0.770. The minimum atomic E-state index is 0.111. The van der Waals surface area contributed by atoms with Crippen molar-refractivity contribution in [2.45, 2.75) is 70.4 Å². The van der Waals surface area contributed by atoms with E-state index in [9.17, 15) is 4.79 Å². The third-order valence-corrected chi connectivity index (χ3v) is 4.67. The molecule has 0 spiro atoms. The number of carbonyl (C=O) groups excluding carboxylic acids is 1. The molecule has 0 aromatic heterocycles. The number of carbonyl (C=O) groups is 1. The average Bonchev–Trinajstić information content (AvgIpc) is 3.05. The molecule has 1 heterocycles. The van der Waals surface area contributed by atoms with Crippen molar-refractivity contribution in [1.29, 1.82) is 0 Å². The van der Waals surface area contributed by atoms with Crippen molar-refractivity contribution in [1.82, 2.24) is 10.2 Å². The van der Waals surface area contributed by atoms with Crippen molar-refractivity contribution in [3.05, 3.63) is 0 Å². The van der Waals surface area contributed by atoms with Gasteiger partial charge in [0.15, 0.2) is 0 Å². The molecule has 110 valence electrons. The lowest BCUT2D eigenvalue weighted by Gasteiger charge is -2.30. The van der Waals surface area contributed by atoms with Gasteiger partial charge in [-0.2, -0.15) is 0 Å². The first-order valence-corrected chi connectivity index (χ1v) is 7.90. The lowest BCUT2D eigenvalue weighted by atomic mass is 9.96. The first-order chi connectivity index (χ1) is 9.22. The number of aliphatic hydroxyl groups is 1. The Labute approximate surface area is 116 Å². The van der Waals surface area contributed by atoms with Crippen LogP contribution >= 0.6 is 0 Å². The second-order valence-corrected chi connectivity index (χ2v) is 6.16. The second-order valence-electron chi connectivity index (χ2n) is 6.16. The molecule has 19 heavy (non-hydrogen) atoms. The van der Waals surface area contributed by atoms with Gasteiger partial charge in [-0.1, -0.05) is 12.8 Å². The molecule has 4 heteroatoms. The number of nitrogens with zero attached hydrogens (tertiary/aromatic N) is 1. The van der Waals surface area contributed by atoms with Crippen molar-refractivity contribution >= 4 is 6.03 Å². The summed E-state index contributed by atoms with van der Waals surface area (Å²) >= 11 is 0. The van der Waals surface area contributed by atoms with E-state index in [1.807, 2.05) is 6.92 Å². The Morgan fingerprint density at radius 3 is 2.74 bits per heavy atom. The molecule has 0 aromatic carbocycles. The molecule has 2 atom stereocenters. The summed E-state index contributed by atoms with van der Waals surface area (Å²) in [5.74, 6) is 0.737. The Bertz CT molecular complexity index is 290. The predicted octanol–water partition coefficient (Wildman–Crippen LogP) is 2.51. The third kappa shape index (κ3) is 3.85. The summed E-state index contributed by atoms with van der Waals surface area (Å²) in [4.78, 5) is 14.4. The molecule has 1 saturated carbocycles. The molecule has 2 aliphatic rings. The summed E-state index contributed by atoms with van der Waals surface area (Å²) in [6.07, 6.45) is 9.22. The van der Waals surface area contributed by atoms with Gasteiger partial charge in [-0.3, -0.25) is 0 Å². The number of nitrogens with one attached hydrogen (secondary N) is 1. The summed E-state index contributed by atoms with van der Waals surface area (Å²) in [6.45, 7) is 3.14. The van der Waals surface area contributed by atoms with Crippen LogP contribution in [0, 0.1) is 5.92 Å². The van der Waals surface area contributed by atoms with E-state index in [1.165, 1.54) is 32.1 Å². The zero-order valence-corrected chi connectivity index (χ0v) is 12.1. The van der Waals surface area contributed by atoms with Gasteiger partial charge in [-0.05, 0) is 51.4 Å². The molecular formula is C15H28N2O2. The molecule has 2 amide bonds. The molecule has 1 aliphatic carbocycles. The van der Waals surface area contributed by atoms with Gasteiger partial charge in [0, 0.05) is 25.2 Å². The minimum Gasteiger partial charge on any atom is -0.396 e. The number of likely N-dealkylation sites (tertiary alicyclic amines) is 1. The fourth-order valence-corrected chi connectivity index (χ4v) is 3.64. The first kappa shape index (κ1) is 14.6. The van der Waals surface area contributed by atoms with Crippen LogP contribution < -0.4 is 5.32 Å². The van der Waals surface area contributed by atoms with Crippen LogP contribution in [-0.4, -0.2) is 41.3 Å². The van der Waals surface area contributed by atoms with Crippen LogP contribution in [0.1, 0.15) is 58.3 Å². The lowest BCUT2D eigenvalue weighted by Crippen LogP contribution is -2.47. The fraction of sp³-hybridized carbons (Fsp3) is 0.933. The number of urea groups is 1. The van der Waals surface area contributed by atoms with E-state index in [1.54, 1.807) is 0 Å². The van der Waals surface area contributed by atoms with Crippen LogP contribution in [-0.2, 0) is 0 Å². The van der Waals surface area contributed by atoms with Crippen LogP contribution in [0.3, 0.4) is 0 Å². The van der Waals surface area contributed by atoms with Gasteiger partial charge in [0.25, 0.3) is 0 Å². The summed E-state index contributed by atoms with van der Waals surface area (Å²) in [5, 5.41) is 11.9. The normalized spacial score (nSPS) is 25.8. The highest BCUT2D eigenvalue weighted by Crippen LogP contribution is 2.35. The molecule has 4 nitrogen and oxygen atoms in total. The molecule has 0 radical (unpaired) electrons. The van der Waals surface area contributed by atoms with Crippen LogP contribution in [0.4, 0.5) is 4.79 Å². The molecule has 0 aromatic rings. The van der Waals surface area contributed by atoms with Crippen LogP contribution in [0.5, 0.6) is 0 Å². The van der Waals surface area contributed by atoms with Gasteiger partial charge in [-0.15, -0.1) is 0 Å². The van der Waals surface area contributed by atoms with Crippen LogP contribution in [0.25, 0.3) is 0 Å². The van der Waals surface area contributed by atoms with Gasteiger partial charge >= 0.3 is 6.03 Å². The topological polar surface area (TPSA) is 52.6 Å². The van der Waals surface area contributed by atoms with Gasteiger partial charge in [0.1, 0.15) is 0 Å². The maximum Gasteiger partial charge on any atom is 0.317 e. The van der Waals surface area contributed by atoms with Crippen molar-refractivity contribution < 1.29 is 9.90 Å². The van der Waals surface area contributed by atoms with E-state index in [4.69, 9.17) is 5.11 Å². The second kappa shape index (κ2) is 7.13. The van der Waals surface area contributed by atoms with E-state index in [0.717, 1.165) is 31.7 Å². The Kier molecular flexibility index (Phi) is 5.49. The SMILES string of the molecule is CC(CCCO)NC(=O)N1CCCC1C1CCCC1. The summed E-state index contributed by atoms with van der Waals surface area (Å²) in [6, 6.07) is 0.747. The van der Waals surface area contributed by atoms with E-state index >= 15 is 0 Å². The lowest BCUT2D eigenvalue weighted by molar-refractivity contribution is 0.168. The first-order valence-electron chi connectivity index (χ1n) is 7.90. The number of amides is 2. The number of hydrogen-bond acceptors (Lipinski definition) is 2. The maximum absolute atomic E-state index is 12.3. The Balaban J connectivity index is 1.83. The maximum atomic E-state index is 12.3. The van der Waals surface area contributed by atoms with Crippen molar-refractivity contribution in [3.8, 4) is 0 Å². The summed E-state index contributed by atoms with van der Waals surface area (Å²) in [7, 11) is 0. The van der Waals surface area contributed by atoms with E-state index in [0.29, 0.717) is 6.04 Å². The van der Waals surface area contributed by atoms with Crippen molar-refractivity contribution in [3.63, 3.8) is 0 Å². The van der Waals surface area contributed by atoms with Gasteiger partial charge in [0.05, 0.1) is 0 Å². The van der Waals surface area contributed by atoms with Gasteiger partial charge in [-0.25, -0.2) is 4.79 Å². The number of hydrogen-bond donors (Lipinski definition) is 2. The van der Waals surface area contributed by atoms with Crippen molar-refractivity contribution in [2.24, 2.45) is 5.92 Å². The Morgan fingerprint density at radius 2 is 2.05 bits per heavy atom. The largest absolute Gasteiger partial charge is 0.396 e. The van der Waals surface area contributed by atoms with Crippen LogP contribution in [0.2, 0.25) is 0 Å². The van der Waals surface area contributed by atoms with E-state index < -0.39 is 0 Å². The standard InChI is InChI=1S/C15H28N2O2/c1-12(6-5-11-18)16-15(19)17-10-4-9-14(17)13-7-2-3-8-13/h12-14,18H,2-11H2,1H3,(H,16,19). The Morgan fingerprint density at radius 1 is 1.32 bits per heavy atom. The third-order valence-electron chi connectivity index (χ3n) is 4.67. The molecule has 0 bridgehead atoms. The molecule has 1 saturated heterocycles. The monoisotopic (exact) mass is 268 g/mol. The number of aliphatic hydroxyl groups excluding tert-OH is 1. The smallest absolute Gasteiger partial charge is 0.317 e. The predicted molar refractivity (Wildman–Crippen MR) is 76.0 cm³/mol. The molecular weight excluding hydrogens is 240 g/mol. The highest BCUT2D eigenvalue weighted by Gasteiger charge is 2.36. The quantitative estimate of drug-likeness (QED) is 0.805. The highest BCUT2D eigenvalue weighted by atomic mass is 16.3. The average molecular weight is 268 g/mol. The summed E-state index contributed by atoms with van der Waals surface area (Å²) < 4.78 is 0. The van der Waals surface area contributed by atoms with Gasteiger partial charge < -0.3 is 15.3 Å². The van der Waals surface area contributed by atoms with E-state index in [2.05, 4.69) is 10.2 Å². The molecule has 2 N–H and O–H groups in total. The number of rotatable bonds is 5. The molecule has 1 aliphatic heterocycles. The van der Waals surface area contributed by atoms with E-state index in [-0.39, 0.29) is 18.7 Å². The molecule has 2 unspecified atom stereocenters. The fourth-order valence-electron chi connectivity index (χ4n) is 3.64. The minimum absolute atomic E-state index is 0.111. The van der Waals surface area contributed by atoms with Crippen molar-refractivity contribution in [2.75, 3.05) is 13.2 Å².